The number of rotatable bonds is 2. The van der Waals surface area contributed by atoms with E-state index < -0.39 is 17.3 Å². The highest BCUT2D eigenvalue weighted by molar-refractivity contribution is 5.50. The highest BCUT2D eigenvalue weighted by Crippen LogP contribution is 2.37. The van der Waals surface area contributed by atoms with Gasteiger partial charge in [-0.1, -0.05) is 13.0 Å². The standard InChI is InChI=1S/C13H12F3NO/c1-8-5-9(6-8)18-12-4-2-3-11(10(12)7-17)13(14,15)16/h2-4,8-9H,5-6H2,1H3. The summed E-state index contributed by atoms with van der Waals surface area (Å²) in [6.07, 6.45) is -2.96. The van der Waals surface area contributed by atoms with Gasteiger partial charge < -0.3 is 4.74 Å². The molecule has 0 radical (unpaired) electrons. The lowest BCUT2D eigenvalue weighted by Crippen LogP contribution is -2.32. The number of benzene rings is 1. The Kier molecular flexibility index (Phi) is 3.20. The van der Waals surface area contributed by atoms with Gasteiger partial charge in [-0.2, -0.15) is 18.4 Å². The lowest BCUT2D eigenvalue weighted by molar-refractivity contribution is -0.138. The molecule has 1 saturated carbocycles. The van der Waals surface area contributed by atoms with E-state index in [2.05, 4.69) is 6.92 Å². The predicted octanol–water partition coefficient (Wildman–Crippen LogP) is 3.75. The quantitative estimate of drug-likeness (QED) is 0.806. The number of hydrogen-bond donors (Lipinski definition) is 0. The number of nitrogens with zero attached hydrogens (tertiary/aromatic N) is 1. The van der Waals surface area contributed by atoms with Gasteiger partial charge in [0.15, 0.2) is 0 Å². The first-order valence-corrected chi connectivity index (χ1v) is 5.68. The van der Waals surface area contributed by atoms with Crippen LogP contribution in [0, 0.1) is 17.2 Å². The van der Waals surface area contributed by atoms with Crippen molar-refractivity contribution in [2.45, 2.75) is 32.0 Å². The monoisotopic (exact) mass is 255 g/mol. The summed E-state index contributed by atoms with van der Waals surface area (Å²) in [6, 6.07) is 5.17. The van der Waals surface area contributed by atoms with Gasteiger partial charge in [0, 0.05) is 0 Å². The smallest absolute Gasteiger partial charge is 0.417 e. The van der Waals surface area contributed by atoms with Gasteiger partial charge in [0.05, 0.1) is 11.7 Å². The molecule has 5 heteroatoms. The molecule has 0 heterocycles. The maximum Gasteiger partial charge on any atom is 0.417 e. The highest BCUT2D eigenvalue weighted by atomic mass is 19.4. The minimum atomic E-state index is -4.53. The molecule has 1 aliphatic rings. The molecule has 1 aliphatic carbocycles. The van der Waals surface area contributed by atoms with Crippen LogP contribution in [0.4, 0.5) is 13.2 Å². The van der Waals surface area contributed by atoms with Gasteiger partial charge in [-0.3, -0.25) is 0 Å². The second-order valence-corrected chi connectivity index (χ2v) is 4.60. The molecular weight excluding hydrogens is 243 g/mol. The Hall–Kier alpha value is -1.70. The van der Waals surface area contributed by atoms with E-state index in [4.69, 9.17) is 10.00 Å². The van der Waals surface area contributed by atoms with Crippen molar-refractivity contribution in [2.24, 2.45) is 5.92 Å². The first-order chi connectivity index (χ1) is 8.41. The first-order valence-electron chi connectivity index (χ1n) is 5.68. The molecule has 0 amide bonds. The molecular formula is C13H12F3NO. The Balaban J connectivity index is 2.28. The minimum absolute atomic E-state index is 0.0317. The average molecular weight is 255 g/mol. The second-order valence-electron chi connectivity index (χ2n) is 4.60. The van der Waals surface area contributed by atoms with Crippen molar-refractivity contribution in [1.29, 1.82) is 5.26 Å². The van der Waals surface area contributed by atoms with Gasteiger partial charge in [-0.05, 0) is 30.9 Å². The van der Waals surface area contributed by atoms with Crippen molar-refractivity contribution in [3.05, 3.63) is 29.3 Å². The molecule has 0 bridgehead atoms. The van der Waals surface area contributed by atoms with Crippen LogP contribution in [0.1, 0.15) is 30.9 Å². The molecule has 2 rings (SSSR count). The lowest BCUT2D eigenvalue weighted by Gasteiger charge is -2.33. The Morgan fingerprint density at radius 3 is 2.50 bits per heavy atom. The van der Waals surface area contributed by atoms with Crippen LogP contribution in [0.25, 0.3) is 0 Å². The van der Waals surface area contributed by atoms with Crippen LogP contribution in [-0.2, 0) is 6.18 Å². The van der Waals surface area contributed by atoms with E-state index >= 15 is 0 Å². The van der Waals surface area contributed by atoms with Gasteiger partial charge in [-0.15, -0.1) is 0 Å². The zero-order valence-electron chi connectivity index (χ0n) is 9.79. The van der Waals surface area contributed by atoms with Crippen LogP contribution in [0.2, 0.25) is 0 Å². The fraction of sp³-hybridized carbons (Fsp3) is 0.462. The third-order valence-corrected chi connectivity index (χ3v) is 3.07. The van der Waals surface area contributed by atoms with Gasteiger partial charge in [0.1, 0.15) is 17.4 Å². The zero-order valence-corrected chi connectivity index (χ0v) is 9.79. The summed E-state index contributed by atoms with van der Waals surface area (Å²) < 4.78 is 43.6. The van der Waals surface area contributed by atoms with Crippen molar-refractivity contribution in [1.82, 2.24) is 0 Å². The molecule has 1 aromatic carbocycles. The third-order valence-electron chi connectivity index (χ3n) is 3.07. The number of halogens is 3. The van der Waals surface area contributed by atoms with E-state index in [0.717, 1.165) is 18.9 Å². The third kappa shape index (κ3) is 2.42. The first kappa shape index (κ1) is 12.7. The summed E-state index contributed by atoms with van der Waals surface area (Å²) in [6.45, 7) is 2.05. The van der Waals surface area contributed by atoms with Crippen molar-refractivity contribution in [3.63, 3.8) is 0 Å². The molecule has 96 valence electrons. The van der Waals surface area contributed by atoms with Crippen LogP contribution in [0.15, 0.2) is 18.2 Å². The van der Waals surface area contributed by atoms with Crippen LogP contribution >= 0.6 is 0 Å². The Bertz CT molecular complexity index is 484. The highest BCUT2D eigenvalue weighted by Gasteiger charge is 2.36. The molecule has 0 aliphatic heterocycles. The summed E-state index contributed by atoms with van der Waals surface area (Å²) in [5.41, 5.74) is -1.36. The zero-order chi connectivity index (χ0) is 13.3. The fourth-order valence-corrected chi connectivity index (χ4v) is 2.09. The number of alkyl halides is 3. The van der Waals surface area contributed by atoms with Crippen molar-refractivity contribution < 1.29 is 17.9 Å². The van der Waals surface area contributed by atoms with E-state index in [9.17, 15) is 13.2 Å². The molecule has 2 nitrogen and oxygen atoms in total. The molecule has 1 aromatic rings. The predicted molar refractivity (Wildman–Crippen MR) is 59.0 cm³/mol. The fourth-order valence-electron chi connectivity index (χ4n) is 2.09. The topological polar surface area (TPSA) is 33.0 Å². The molecule has 0 atom stereocenters. The number of ether oxygens (including phenoxy) is 1. The summed E-state index contributed by atoms with van der Waals surface area (Å²) in [5.74, 6) is 0.565. The van der Waals surface area contributed by atoms with Gasteiger partial charge in [0.2, 0.25) is 0 Å². The normalized spacial score (nSPS) is 23.1. The number of hydrogen-bond acceptors (Lipinski definition) is 2. The Morgan fingerprint density at radius 2 is 2.00 bits per heavy atom. The van der Waals surface area contributed by atoms with Crippen LogP contribution < -0.4 is 4.74 Å². The van der Waals surface area contributed by atoms with E-state index in [-0.39, 0.29) is 11.9 Å². The Labute approximate surface area is 103 Å². The molecule has 0 aromatic heterocycles. The van der Waals surface area contributed by atoms with E-state index in [1.165, 1.54) is 12.1 Å². The van der Waals surface area contributed by atoms with Crippen molar-refractivity contribution in [2.75, 3.05) is 0 Å². The summed E-state index contributed by atoms with van der Waals surface area (Å²) in [7, 11) is 0. The number of nitriles is 1. The molecule has 0 unspecified atom stereocenters. The largest absolute Gasteiger partial charge is 0.489 e. The van der Waals surface area contributed by atoms with Crippen molar-refractivity contribution in [3.8, 4) is 11.8 Å². The molecule has 0 spiro atoms. The van der Waals surface area contributed by atoms with Crippen LogP contribution in [0.5, 0.6) is 5.75 Å². The van der Waals surface area contributed by atoms with Gasteiger partial charge >= 0.3 is 6.18 Å². The van der Waals surface area contributed by atoms with Gasteiger partial charge in [0.25, 0.3) is 0 Å². The minimum Gasteiger partial charge on any atom is -0.489 e. The second kappa shape index (κ2) is 4.52. The van der Waals surface area contributed by atoms with E-state index in [1.807, 2.05) is 0 Å². The van der Waals surface area contributed by atoms with E-state index in [1.54, 1.807) is 6.07 Å². The molecule has 18 heavy (non-hydrogen) atoms. The molecule has 1 fully saturated rings. The maximum absolute atomic E-state index is 12.7. The maximum atomic E-state index is 12.7. The van der Waals surface area contributed by atoms with Gasteiger partial charge in [-0.25, -0.2) is 0 Å². The molecule has 0 N–H and O–H groups in total. The van der Waals surface area contributed by atoms with Crippen LogP contribution in [0.3, 0.4) is 0 Å². The average Bonchev–Trinajstić information content (AvgIpc) is 2.25. The van der Waals surface area contributed by atoms with Crippen molar-refractivity contribution >= 4 is 0 Å². The SMILES string of the molecule is CC1CC(Oc2cccc(C(F)(F)F)c2C#N)C1. The summed E-state index contributed by atoms with van der Waals surface area (Å²) in [5, 5.41) is 8.89. The molecule has 0 saturated heterocycles. The van der Waals surface area contributed by atoms with Crippen LogP contribution in [-0.4, -0.2) is 6.10 Å². The lowest BCUT2D eigenvalue weighted by atomic mass is 9.84. The Morgan fingerprint density at radius 1 is 1.33 bits per heavy atom. The van der Waals surface area contributed by atoms with E-state index in [0.29, 0.717) is 5.92 Å². The summed E-state index contributed by atoms with van der Waals surface area (Å²) in [4.78, 5) is 0. The summed E-state index contributed by atoms with van der Waals surface area (Å²) >= 11 is 0.